The van der Waals surface area contributed by atoms with Gasteiger partial charge in [-0.15, -0.1) is 0 Å². The van der Waals surface area contributed by atoms with Crippen molar-refractivity contribution in [2.75, 3.05) is 5.75 Å². The van der Waals surface area contributed by atoms with Gasteiger partial charge in [0, 0.05) is 22.9 Å². The molecule has 1 unspecified atom stereocenters. The van der Waals surface area contributed by atoms with Crippen LogP contribution >= 0.6 is 15.9 Å². The summed E-state index contributed by atoms with van der Waals surface area (Å²) in [4.78, 5) is 11.2. The zero-order valence-corrected chi connectivity index (χ0v) is 15.8. The van der Waals surface area contributed by atoms with Crippen molar-refractivity contribution in [2.45, 2.75) is 36.0 Å². The van der Waals surface area contributed by atoms with Crippen molar-refractivity contribution < 1.29 is 31.5 Å². The second-order valence-electron chi connectivity index (χ2n) is 6.46. The van der Waals surface area contributed by atoms with Crippen molar-refractivity contribution in [1.82, 2.24) is 5.32 Å². The van der Waals surface area contributed by atoms with E-state index in [2.05, 4.69) is 15.9 Å². The molecule has 2 rings (SSSR count). The maximum absolute atomic E-state index is 14.3. The Labute approximate surface area is 156 Å². The largest absolute Gasteiger partial charge is 0.465 e. The van der Waals surface area contributed by atoms with E-state index in [9.17, 15) is 31.6 Å². The smallest absolute Gasteiger partial charge is 0.405 e. The lowest BCUT2D eigenvalue weighted by Gasteiger charge is -2.43. The molecule has 142 valence electrons. The van der Waals surface area contributed by atoms with Crippen molar-refractivity contribution in [3.05, 3.63) is 34.1 Å². The van der Waals surface area contributed by atoms with E-state index in [-0.39, 0.29) is 5.56 Å². The molecule has 1 aliphatic rings. The van der Waals surface area contributed by atoms with Crippen molar-refractivity contribution in [3.63, 3.8) is 0 Å². The third kappa shape index (κ3) is 3.66. The second-order valence-corrected chi connectivity index (χ2v) is 9.68. The van der Waals surface area contributed by atoms with E-state index in [0.29, 0.717) is 4.47 Å². The van der Waals surface area contributed by atoms with Crippen LogP contribution in [-0.2, 0) is 15.4 Å². The molecule has 1 aliphatic carbocycles. The molecule has 1 amide bonds. The first-order valence-corrected chi connectivity index (χ1v) is 9.68. The Morgan fingerprint density at radius 2 is 2.04 bits per heavy atom. The highest BCUT2D eigenvalue weighted by Gasteiger charge is 2.65. The summed E-state index contributed by atoms with van der Waals surface area (Å²) in [5, 5.41) is 20.2. The lowest BCUT2D eigenvalue weighted by molar-refractivity contribution is -0.0848. The van der Waals surface area contributed by atoms with Crippen LogP contribution in [0, 0.1) is 17.1 Å². The molecule has 0 saturated heterocycles. The molecule has 11 heteroatoms. The highest BCUT2D eigenvalue weighted by Crippen LogP contribution is 2.51. The summed E-state index contributed by atoms with van der Waals surface area (Å²) in [6, 6.07) is 4.94. The Hall–Kier alpha value is -1.80. The number of alkyl halides is 2. The van der Waals surface area contributed by atoms with Crippen LogP contribution in [0.5, 0.6) is 0 Å². The quantitative estimate of drug-likeness (QED) is 0.710. The number of nitriles is 1. The Morgan fingerprint density at radius 1 is 1.46 bits per heavy atom. The van der Waals surface area contributed by atoms with Crippen LogP contribution in [0.4, 0.5) is 18.0 Å². The van der Waals surface area contributed by atoms with Crippen molar-refractivity contribution in [3.8, 4) is 6.07 Å². The van der Waals surface area contributed by atoms with E-state index < -0.39 is 56.6 Å². The Kier molecular flexibility index (Phi) is 5.07. The second kappa shape index (κ2) is 6.42. The molecule has 0 heterocycles. The number of halogens is 4. The van der Waals surface area contributed by atoms with Crippen LogP contribution < -0.4 is 5.32 Å². The number of carbonyl (C=O) groups is 1. The molecule has 26 heavy (non-hydrogen) atoms. The first-order valence-electron chi connectivity index (χ1n) is 7.24. The van der Waals surface area contributed by atoms with Crippen LogP contribution in [0.25, 0.3) is 0 Å². The summed E-state index contributed by atoms with van der Waals surface area (Å²) in [5.41, 5.74) is -2.29. The van der Waals surface area contributed by atoms with Gasteiger partial charge in [-0.3, -0.25) is 0 Å². The van der Waals surface area contributed by atoms with Gasteiger partial charge in [0.1, 0.15) is 5.82 Å². The number of benzene rings is 1. The van der Waals surface area contributed by atoms with Gasteiger partial charge < -0.3 is 10.4 Å². The van der Waals surface area contributed by atoms with Gasteiger partial charge in [-0.2, -0.15) is 5.26 Å². The standard InChI is InChI=1S/C15H14BrF3N2O4S/c1-13(21-12(22)23,10-4-9(16)2-3-11(10)17)8-26(24,25)14(7-20)5-15(18,19)6-14/h2-4,21H,5-6,8H2,1H3,(H,22,23). The normalized spacial score (nSPS) is 20.3. The predicted octanol–water partition coefficient (Wildman–Crippen LogP) is 3.18. The van der Waals surface area contributed by atoms with E-state index in [1.165, 1.54) is 18.2 Å². The molecular formula is C15H14BrF3N2O4S. The molecule has 0 radical (unpaired) electrons. The number of sulfone groups is 1. The van der Waals surface area contributed by atoms with Crippen LogP contribution in [-0.4, -0.2) is 36.0 Å². The number of hydrogen-bond acceptors (Lipinski definition) is 4. The van der Waals surface area contributed by atoms with Crippen LogP contribution in [0.2, 0.25) is 0 Å². The molecule has 1 aromatic rings. The van der Waals surface area contributed by atoms with E-state index in [4.69, 9.17) is 5.11 Å². The third-order valence-corrected chi connectivity index (χ3v) is 7.29. The Morgan fingerprint density at radius 3 is 2.50 bits per heavy atom. The maximum atomic E-state index is 14.3. The van der Waals surface area contributed by atoms with Gasteiger partial charge in [-0.25, -0.2) is 26.4 Å². The molecular weight excluding hydrogens is 441 g/mol. The summed E-state index contributed by atoms with van der Waals surface area (Å²) in [6.07, 6.45) is -3.99. The van der Waals surface area contributed by atoms with Gasteiger partial charge in [0.15, 0.2) is 14.6 Å². The predicted molar refractivity (Wildman–Crippen MR) is 88.9 cm³/mol. The maximum Gasteiger partial charge on any atom is 0.405 e. The van der Waals surface area contributed by atoms with Crippen molar-refractivity contribution >= 4 is 31.9 Å². The fourth-order valence-electron chi connectivity index (χ4n) is 3.01. The number of amides is 1. The molecule has 1 atom stereocenters. The highest BCUT2D eigenvalue weighted by molar-refractivity contribution is 9.10. The molecule has 0 aromatic heterocycles. The topological polar surface area (TPSA) is 107 Å². The third-order valence-electron chi connectivity index (χ3n) is 4.27. The molecule has 6 nitrogen and oxygen atoms in total. The zero-order chi connectivity index (χ0) is 20.0. The van der Waals surface area contributed by atoms with Gasteiger partial charge in [0.25, 0.3) is 5.92 Å². The van der Waals surface area contributed by atoms with Gasteiger partial charge in [0.05, 0.1) is 17.4 Å². The molecule has 1 saturated carbocycles. The average molecular weight is 455 g/mol. The van der Waals surface area contributed by atoms with E-state index in [0.717, 1.165) is 13.0 Å². The summed E-state index contributed by atoms with van der Waals surface area (Å²) < 4.78 is 64.2. The van der Waals surface area contributed by atoms with E-state index in [1.807, 2.05) is 5.32 Å². The summed E-state index contributed by atoms with van der Waals surface area (Å²) in [5.74, 6) is -5.23. The van der Waals surface area contributed by atoms with Crippen LogP contribution in [0.1, 0.15) is 25.3 Å². The lowest BCUT2D eigenvalue weighted by atomic mass is 9.81. The van der Waals surface area contributed by atoms with Gasteiger partial charge in [-0.1, -0.05) is 15.9 Å². The first kappa shape index (κ1) is 20.5. The van der Waals surface area contributed by atoms with Gasteiger partial charge in [-0.05, 0) is 25.1 Å². The summed E-state index contributed by atoms with van der Waals surface area (Å²) >= 11 is 3.08. The minimum atomic E-state index is -4.54. The molecule has 0 spiro atoms. The number of carboxylic acid groups (broad SMARTS) is 1. The minimum Gasteiger partial charge on any atom is -0.465 e. The first-order chi connectivity index (χ1) is 11.8. The van der Waals surface area contributed by atoms with Crippen LogP contribution in [0.3, 0.4) is 0 Å². The number of rotatable bonds is 5. The van der Waals surface area contributed by atoms with Crippen molar-refractivity contribution in [2.24, 2.45) is 0 Å². The van der Waals surface area contributed by atoms with E-state index in [1.54, 1.807) is 0 Å². The SMILES string of the molecule is CC(CS(=O)(=O)C1(C#N)CC(F)(F)C1)(NC(=O)O)c1cc(Br)ccc1F. The fourth-order valence-corrected chi connectivity index (χ4v) is 5.63. The number of hydrogen-bond donors (Lipinski definition) is 2. The highest BCUT2D eigenvalue weighted by atomic mass is 79.9. The minimum absolute atomic E-state index is 0.294. The average Bonchev–Trinajstić information content (AvgIpc) is 2.44. The van der Waals surface area contributed by atoms with E-state index >= 15 is 0 Å². The summed E-state index contributed by atoms with van der Waals surface area (Å²) in [6.45, 7) is 1.12. The monoisotopic (exact) mass is 454 g/mol. The van der Waals surface area contributed by atoms with Gasteiger partial charge >= 0.3 is 6.09 Å². The Bertz CT molecular complexity index is 893. The lowest BCUT2D eigenvalue weighted by Crippen LogP contribution is -2.60. The fraction of sp³-hybridized carbons (Fsp3) is 0.467. The Balaban J connectivity index is 2.50. The molecule has 2 N–H and O–H groups in total. The van der Waals surface area contributed by atoms with Crippen molar-refractivity contribution in [1.29, 1.82) is 5.26 Å². The molecule has 0 aliphatic heterocycles. The zero-order valence-electron chi connectivity index (χ0n) is 13.4. The number of nitrogens with one attached hydrogen (secondary N) is 1. The molecule has 0 bridgehead atoms. The molecule has 1 fully saturated rings. The van der Waals surface area contributed by atoms with Gasteiger partial charge in [0.2, 0.25) is 0 Å². The number of nitrogens with zero attached hydrogens (tertiary/aromatic N) is 1. The van der Waals surface area contributed by atoms with Crippen LogP contribution in [0.15, 0.2) is 22.7 Å². The summed E-state index contributed by atoms with van der Waals surface area (Å²) in [7, 11) is -4.54. The molecule has 1 aromatic carbocycles.